The molecule has 1 saturated heterocycles. The van der Waals surface area contributed by atoms with Crippen LogP contribution in [0.2, 0.25) is 5.02 Å². The zero-order valence-corrected chi connectivity index (χ0v) is 13.4. The van der Waals surface area contributed by atoms with E-state index < -0.39 is 0 Å². The Morgan fingerprint density at radius 3 is 2.68 bits per heavy atom. The summed E-state index contributed by atoms with van der Waals surface area (Å²) in [4.78, 5) is 14.8. The topological polar surface area (TPSA) is 32.3 Å². The zero-order chi connectivity index (χ0) is 15.5. The first-order valence-corrected chi connectivity index (χ1v) is 7.94. The van der Waals surface area contributed by atoms with Gasteiger partial charge in [-0.1, -0.05) is 23.7 Å². The third kappa shape index (κ3) is 3.25. The number of carbonyl (C=O) groups excluding carboxylic acids is 1. The third-order valence-electron chi connectivity index (χ3n) is 4.03. The number of rotatable bonds is 3. The number of carbonyl (C=O) groups is 1. The lowest BCUT2D eigenvalue weighted by Gasteiger charge is -2.18. The van der Waals surface area contributed by atoms with Gasteiger partial charge < -0.3 is 10.2 Å². The molecule has 3 rings (SSSR count). The molecule has 0 aliphatic carbocycles. The van der Waals surface area contributed by atoms with Crippen LogP contribution in [0, 0.1) is 6.92 Å². The average molecular weight is 315 g/mol. The first-order chi connectivity index (χ1) is 10.6. The molecule has 0 bridgehead atoms. The Morgan fingerprint density at radius 1 is 1.14 bits per heavy atom. The van der Waals surface area contributed by atoms with E-state index in [1.54, 1.807) is 6.07 Å². The number of halogens is 1. The number of anilines is 2. The number of hydrogen-bond donors (Lipinski definition) is 1. The number of aryl methyl sites for hydroxylation is 1. The summed E-state index contributed by atoms with van der Waals surface area (Å²) in [7, 11) is 0. The van der Waals surface area contributed by atoms with Crippen molar-refractivity contribution >= 4 is 28.9 Å². The molecular formula is C18H19ClN2O. The Balaban J connectivity index is 1.80. The van der Waals surface area contributed by atoms with Crippen molar-refractivity contribution in [3.8, 4) is 0 Å². The molecule has 0 atom stereocenters. The van der Waals surface area contributed by atoms with Crippen molar-refractivity contribution in [1.82, 2.24) is 0 Å². The number of nitrogens with one attached hydrogen (secondary N) is 1. The Morgan fingerprint density at radius 2 is 1.91 bits per heavy atom. The summed E-state index contributed by atoms with van der Waals surface area (Å²) in [5.41, 5.74) is 3.54. The summed E-state index contributed by atoms with van der Waals surface area (Å²) in [6.07, 6.45) is 2.44. The fourth-order valence-electron chi connectivity index (χ4n) is 2.74. The maximum Gasteiger partial charge on any atom is 0.255 e. The van der Waals surface area contributed by atoms with E-state index in [0.717, 1.165) is 30.0 Å². The first kappa shape index (κ1) is 14.9. The fraction of sp³-hybridized carbons (Fsp3) is 0.278. The van der Waals surface area contributed by atoms with Gasteiger partial charge in [0.25, 0.3) is 5.91 Å². The lowest BCUT2D eigenvalue weighted by atomic mass is 10.1. The summed E-state index contributed by atoms with van der Waals surface area (Å²) in [5.74, 6) is -0.105. The molecule has 4 heteroatoms. The molecule has 1 amide bonds. The van der Waals surface area contributed by atoms with Crippen LogP contribution in [0.15, 0.2) is 42.5 Å². The molecule has 0 aromatic heterocycles. The zero-order valence-electron chi connectivity index (χ0n) is 12.6. The average Bonchev–Trinajstić information content (AvgIpc) is 3.05. The highest BCUT2D eigenvalue weighted by Crippen LogP contribution is 2.23. The van der Waals surface area contributed by atoms with Crippen LogP contribution in [0.3, 0.4) is 0 Å². The van der Waals surface area contributed by atoms with Crippen molar-refractivity contribution in [1.29, 1.82) is 0 Å². The number of amides is 1. The van der Waals surface area contributed by atoms with Crippen LogP contribution >= 0.6 is 11.6 Å². The van der Waals surface area contributed by atoms with Crippen molar-refractivity contribution in [2.45, 2.75) is 19.8 Å². The summed E-state index contributed by atoms with van der Waals surface area (Å²) < 4.78 is 0. The molecule has 2 aromatic rings. The summed E-state index contributed by atoms with van der Waals surface area (Å²) >= 11 is 6.00. The SMILES string of the molecule is Cc1ccc(Cl)cc1NC(=O)c1cccc(N2CCCC2)c1. The van der Waals surface area contributed by atoms with Crippen molar-refractivity contribution in [2.24, 2.45) is 0 Å². The molecule has 22 heavy (non-hydrogen) atoms. The van der Waals surface area contributed by atoms with Crippen LogP contribution in [-0.2, 0) is 0 Å². The van der Waals surface area contributed by atoms with E-state index in [-0.39, 0.29) is 5.91 Å². The van der Waals surface area contributed by atoms with Crippen LogP contribution < -0.4 is 10.2 Å². The van der Waals surface area contributed by atoms with E-state index in [9.17, 15) is 4.79 Å². The van der Waals surface area contributed by atoms with Crippen LogP contribution in [0.25, 0.3) is 0 Å². The van der Waals surface area contributed by atoms with Gasteiger partial charge in [-0.3, -0.25) is 4.79 Å². The smallest absolute Gasteiger partial charge is 0.255 e. The largest absolute Gasteiger partial charge is 0.372 e. The van der Waals surface area contributed by atoms with Gasteiger partial charge in [0.15, 0.2) is 0 Å². The minimum atomic E-state index is -0.105. The van der Waals surface area contributed by atoms with Gasteiger partial charge >= 0.3 is 0 Å². The molecule has 0 spiro atoms. The third-order valence-corrected chi connectivity index (χ3v) is 4.26. The van der Waals surface area contributed by atoms with Gasteiger partial charge in [-0.05, 0) is 55.7 Å². The second-order valence-corrected chi connectivity index (χ2v) is 6.09. The number of hydrogen-bond acceptors (Lipinski definition) is 2. The molecular weight excluding hydrogens is 296 g/mol. The maximum absolute atomic E-state index is 12.5. The highest BCUT2D eigenvalue weighted by molar-refractivity contribution is 6.31. The van der Waals surface area contributed by atoms with Gasteiger partial charge in [0.05, 0.1) is 0 Å². The monoisotopic (exact) mass is 314 g/mol. The number of nitrogens with zero attached hydrogens (tertiary/aromatic N) is 1. The lowest BCUT2D eigenvalue weighted by Crippen LogP contribution is -2.19. The molecule has 1 aliphatic rings. The van der Waals surface area contributed by atoms with E-state index in [4.69, 9.17) is 11.6 Å². The Hall–Kier alpha value is -2.00. The Bertz CT molecular complexity index is 693. The summed E-state index contributed by atoms with van der Waals surface area (Å²) in [6, 6.07) is 13.3. The molecule has 2 aromatic carbocycles. The quantitative estimate of drug-likeness (QED) is 0.904. The fourth-order valence-corrected chi connectivity index (χ4v) is 2.91. The molecule has 0 saturated carbocycles. The van der Waals surface area contributed by atoms with Gasteiger partial charge in [-0.15, -0.1) is 0 Å². The van der Waals surface area contributed by atoms with Crippen molar-refractivity contribution in [3.63, 3.8) is 0 Å². The molecule has 114 valence electrons. The minimum absolute atomic E-state index is 0.105. The van der Waals surface area contributed by atoms with E-state index >= 15 is 0 Å². The van der Waals surface area contributed by atoms with Gasteiger partial charge in [0.1, 0.15) is 0 Å². The van der Waals surface area contributed by atoms with E-state index in [2.05, 4.69) is 16.3 Å². The molecule has 3 nitrogen and oxygen atoms in total. The standard InChI is InChI=1S/C18H19ClN2O/c1-13-7-8-15(19)12-17(13)20-18(22)14-5-4-6-16(11-14)21-9-2-3-10-21/h4-8,11-12H,2-3,9-10H2,1H3,(H,20,22). The molecule has 1 aliphatic heterocycles. The van der Waals surface area contributed by atoms with Crippen molar-refractivity contribution < 1.29 is 4.79 Å². The predicted octanol–water partition coefficient (Wildman–Crippen LogP) is 4.50. The van der Waals surface area contributed by atoms with Crippen LogP contribution in [0.5, 0.6) is 0 Å². The highest BCUT2D eigenvalue weighted by atomic mass is 35.5. The van der Waals surface area contributed by atoms with E-state index in [1.807, 2.05) is 37.3 Å². The van der Waals surface area contributed by atoms with Gasteiger partial charge in [0, 0.05) is 35.1 Å². The van der Waals surface area contributed by atoms with Gasteiger partial charge in [-0.2, -0.15) is 0 Å². The van der Waals surface area contributed by atoms with Gasteiger partial charge in [-0.25, -0.2) is 0 Å². The molecule has 0 unspecified atom stereocenters. The Kier molecular flexibility index (Phi) is 4.34. The molecule has 1 heterocycles. The minimum Gasteiger partial charge on any atom is -0.372 e. The molecule has 0 radical (unpaired) electrons. The van der Waals surface area contributed by atoms with Crippen molar-refractivity contribution in [2.75, 3.05) is 23.3 Å². The predicted molar refractivity (Wildman–Crippen MR) is 92.0 cm³/mol. The summed E-state index contributed by atoms with van der Waals surface area (Å²) in [5, 5.41) is 3.56. The second kappa shape index (κ2) is 6.41. The van der Waals surface area contributed by atoms with E-state index in [1.165, 1.54) is 12.8 Å². The van der Waals surface area contributed by atoms with Gasteiger partial charge in [0.2, 0.25) is 0 Å². The second-order valence-electron chi connectivity index (χ2n) is 5.66. The summed E-state index contributed by atoms with van der Waals surface area (Å²) in [6.45, 7) is 4.09. The maximum atomic E-state index is 12.5. The van der Waals surface area contributed by atoms with E-state index in [0.29, 0.717) is 10.6 Å². The van der Waals surface area contributed by atoms with Crippen LogP contribution in [-0.4, -0.2) is 19.0 Å². The first-order valence-electron chi connectivity index (χ1n) is 7.56. The lowest BCUT2D eigenvalue weighted by molar-refractivity contribution is 0.102. The molecule has 1 N–H and O–H groups in total. The van der Waals surface area contributed by atoms with Crippen molar-refractivity contribution in [3.05, 3.63) is 58.6 Å². The normalized spacial score (nSPS) is 14.2. The van der Waals surface area contributed by atoms with Crippen LogP contribution in [0.1, 0.15) is 28.8 Å². The Labute approximate surface area is 135 Å². The molecule has 1 fully saturated rings. The number of benzene rings is 2. The highest BCUT2D eigenvalue weighted by Gasteiger charge is 2.14. The van der Waals surface area contributed by atoms with Crippen LogP contribution in [0.4, 0.5) is 11.4 Å².